The molecule has 0 saturated heterocycles. The van der Waals surface area contributed by atoms with Crippen LogP contribution in [0.15, 0.2) is 0 Å². The van der Waals surface area contributed by atoms with Gasteiger partial charge in [0.2, 0.25) is 0 Å². The van der Waals surface area contributed by atoms with Gasteiger partial charge in [-0.1, -0.05) is 0 Å². The van der Waals surface area contributed by atoms with E-state index in [0.717, 1.165) is 0 Å². The van der Waals surface area contributed by atoms with Crippen molar-refractivity contribution in [2.45, 2.75) is 24.4 Å². The molecule has 13 heavy (non-hydrogen) atoms. The Morgan fingerprint density at radius 2 is 1.46 bits per heavy atom. The maximum atomic E-state index is 9.20. The molecule has 0 radical (unpaired) electrons. The Bertz CT molecular complexity index is 134. The van der Waals surface area contributed by atoms with Crippen LogP contribution in [0, 0.1) is 7.05 Å². The summed E-state index contributed by atoms with van der Waals surface area (Å²) in [7, 11) is 3.34. The van der Waals surface area contributed by atoms with E-state index in [9.17, 15) is 5.11 Å². The van der Waals surface area contributed by atoms with Gasteiger partial charge < -0.3 is 30.8 Å². The molecule has 0 aromatic heterocycles. The first-order valence-electron chi connectivity index (χ1n) is 3.98. The second kappa shape index (κ2) is 6.25. The molecule has 0 bridgehead atoms. The number of rotatable bonds is 6. The zero-order valence-corrected chi connectivity index (χ0v) is 7.24. The molecule has 0 aliphatic heterocycles. The van der Waals surface area contributed by atoms with Crippen LogP contribution in [-0.4, -0.2) is 63.1 Å². The minimum absolute atomic E-state index is 0.108. The predicted octanol–water partition coefficient (Wildman–Crippen LogP) is -4.22. The van der Waals surface area contributed by atoms with Crippen LogP contribution in [0.5, 0.6) is 0 Å². The molecule has 0 aromatic carbocycles. The van der Waals surface area contributed by atoms with Gasteiger partial charge in [0.15, 0.2) is 0 Å². The Balaban J connectivity index is 3.99. The van der Waals surface area contributed by atoms with Crippen LogP contribution >= 0.6 is 0 Å². The van der Waals surface area contributed by atoms with Crippen LogP contribution in [0.2, 0.25) is 0 Å². The van der Waals surface area contributed by atoms with Gasteiger partial charge in [0, 0.05) is 0 Å². The van der Waals surface area contributed by atoms with Gasteiger partial charge in [-0.3, -0.25) is 0 Å². The molecular formula is C7H17NO5. The lowest BCUT2D eigenvalue weighted by Gasteiger charge is -2.24. The van der Waals surface area contributed by atoms with Crippen molar-refractivity contribution in [3.05, 3.63) is 7.05 Å². The summed E-state index contributed by atoms with van der Waals surface area (Å²) >= 11 is 0. The standard InChI is InChI=1S/C7H17NO5/c1-8-2-4(10)6(12)7(13)5(11)3-9/h4-7,9-13H,1-3,8H2/t4-,5+,6+,7+/m0/s1. The van der Waals surface area contributed by atoms with Crippen LogP contribution in [-0.2, 0) is 0 Å². The van der Waals surface area contributed by atoms with E-state index in [1.54, 1.807) is 0 Å². The van der Waals surface area contributed by atoms with Crippen LogP contribution in [0.3, 0.4) is 0 Å². The fourth-order valence-corrected chi connectivity index (χ4v) is 0.873. The van der Waals surface area contributed by atoms with Gasteiger partial charge in [0.05, 0.1) is 13.2 Å². The van der Waals surface area contributed by atoms with Gasteiger partial charge in [-0.05, 0) is 0 Å². The summed E-state index contributed by atoms with van der Waals surface area (Å²) in [5.41, 5.74) is 0. The third kappa shape index (κ3) is 3.99. The number of hydrogen-bond donors (Lipinski definition) is 6. The molecule has 0 heterocycles. The van der Waals surface area contributed by atoms with Crippen LogP contribution in [0.25, 0.3) is 0 Å². The SMILES string of the molecule is [CH2-][NH2+]C[C@H](O)[C@@H](O)[C@H](O)[C@H](O)CO. The van der Waals surface area contributed by atoms with Crippen molar-refractivity contribution in [3.63, 3.8) is 0 Å². The van der Waals surface area contributed by atoms with E-state index in [0.29, 0.717) is 0 Å². The van der Waals surface area contributed by atoms with Crippen LogP contribution < -0.4 is 5.32 Å². The molecular weight excluding hydrogens is 178 g/mol. The van der Waals surface area contributed by atoms with Crippen molar-refractivity contribution < 1.29 is 30.8 Å². The van der Waals surface area contributed by atoms with E-state index in [1.165, 1.54) is 5.32 Å². The lowest BCUT2D eigenvalue weighted by Crippen LogP contribution is -2.80. The van der Waals surface area contributed by atoms with Gasteiger partial charge >= 0.3 is 0 Å². The third-order valence-corrected chi connectivity index (χ3v) is 1.73. The predicted molar refractivity (Wildman–Crippen MR) is 43.3 cm³/mol. The van der Waals surface area contributed by atoms with Gasteiger partial charge in [-0.2, -0.15) is 7.05 Å². The monoisotopic (exact) mass is 195 g/mol. The van der Waals surface area contributed by atoms with Crippen LogP contribution in [0.4, 0.5) is 0 Å². The molecule has 80 valence electrons. The number of hydrogen-bond acceptors (Lipinski definition) is 5. The van der Waals surface area contributed by atoms with Crippen molar-refractivity contribution in [2.24, 2.45) is 0 Å². The highest BCUT2D eigenvalue weighted by Gasteiger charge is 2.29. The molecule has 0 unspecified atom stereocenters. The summed E-state index contributed by atoms with van der Waals surface area (Å²) < 4.78 is 0. The molecule has 0 amide bonds. The molecule has 0 spiro atoms. The molecule has 4 atom stereocenters. The average Bonchev–Trinajstić information content (AvgIpc) is 2.14. The quantitative estimate of drug-likeness (QED) is 0.240. The molecule has 7 N–H and O–H groups in total. The smallest absolute Gasteiger partial charge is 0.129 e. The minimum Gasteiger partial charge on any atom is -0.477 e. The van der Waals surface area contributed by atoms with Gasteiger partial charge in [0.1, 0.15) is 24.4 Å². The summed E-state index contributed by atoms with van der Waals surface area (Å²) in [5.74, 6) is 0. The van der Waals surface area contributed by atoms with Crippen molar-refractivity contribution in [3.8, 4) is 0 Å². The molecule has 0 aliphatic carbocycles. The highest BCUT2D eigenvalue weighted by atomic mass is 16.4. The first-order chi connectivity index (χ1) is 6.04. The van der Waals surface area contributed by atoms with Gasteiger partial charge in [-0.15, -0.1) is 0 Å². The normalized spacial score (nSPS) is 20.8. The van der Waals surface area contributed by atoms with Crippen LogP contribution in [0.1, 0.15) is 0 Å². The number of aliphatic hydroxyl groups is 5. The molecule has 6 nitrogen and oxygen atoms in total. The van der Waals surface area contributed by atoms with E-state index >= 15 is 0 Å². The lowest BCUT2D eigenvalue weighted by atomic mass is 10.0. The summed E-state index contributed by atoms with van der Waals surface area (Å²) in [6, 6.07) is 0. The number of nitrogens with two attached hydrogens (primary N) is 1. The average molecular weight is 195 g/mol. The lowest BCUT2D eigenvalue weighted by molar-refractivity contribution is -0.605. The molecule has 0 rings (SSSR count). The molecule has 0 aliphatic rings. The summed E-state index contributed by atoms with van der Waals surface area (Å²) in [5, 5.41) is 46.2. The van der Waals surface area contributed by atoms with E-state index < -0.39 is 31.0 Å². The zero-order valence-electron chi connectivity index (χ0n) is 7.24. The summed E-state index contributed by atoms with van der Waals surface area (Å²) in [6.07, 6.45) is -5.68. The second-order valence-electron chi connectivity index (χ2n) is 2.82. The molecule has 0 saturated carbocycles. The fourth-order valence-electron chi connectivity index (χ4n) is 0.873. The Morgan fingerprint density at radius 3 is 1.85 bits per heavy atom. The summed E-state index contributed by atoms with van der Waals surface area (Å²) in [6.45, 7) is -0.560. The Labute approximate surface area is 76.4 Å². The number of aliphatic hydroxyl groups excluding tert-OH is 5. The maximum Gasteiger partial charge on any atom is 0.129 e. The Hall–Kier alpha value is -0.240. The Kier molecular flexibility index (Phi) is 6.13. The molecule has 0 aromatic rings. The van der Waals surface area contributed by atoms with E-state index in [4.69, 9.17) is 20.4 Å². The van der Waals surface area contributed by atoms with E-state index in [1.807, 2.05) is 0 Å². The van der Waals surface area contributed by atoms with Crippen molar-refractivity contribution in [1.29, 1.82) is 0 Å². The zero-order chi connectivity index (χ0) is 10.4. The fraction of sp³-hybridized carbons (Fsp3) is 0.857. The van der Waals surface area contributed by atoms with Gasteiger partial charge in [-0.25, -0.2) is 0 Å². The molecule has 6 heteroatoms. The van der Waals surface area contributed by atoms with Gasteiger partial charge in [0.25, 0.3) is 0 Å². The minimum atomic E-state index is -1.56. The third-order valence-electron chi connectivity index (χ3n) is 1.73. The largest absolute Gasteiger partial charge is 0.477 e. The van der Waals surface area contributed by atoms with Crippen molar-refractivity contribution in [2.75, 3.05) is 13.2 Å². The van der Waals surface area contributed by atoms with Crippen molar-refractivity contribution in [1.82, 2.24) is 0 Å². The first-order valence-corrected chi connectivity index (χ1v) is 3.98. The van der Waals surface area contributed by atoms with E-state index in [2.05, 4.69) is 7.05 Å². The van der Waals surface area contributed by atoms with E-state index in [-0.39, 0.29) is 6.54 Å². The topological polar surface area (TPSA) is 118 Å². The molecule has 0 fully saturated rings. The second-order valence-corrected chi connectivity index (χ2v) is 2.82. The first kappa shape index (κ1) is 12.8. The Morgan fingerprint density at radius 1 is 1.00 bits per heavy atom. The number of quaternary nitrogens is 1. The highest BCUT2D eigenvalue weighted by Crippen LogP contribution is 2.03. The highest BCUT2D eigenvalue weighted by molar-refractivity contribution is 4.79. The maximum absolute atomic E-state index is 9.20. The van der Waals surface area contributed by atoms with Crippen molar-refractivity contribution >= 4 is 0 Å². The summed E-state index contributed by atoms with van der Waals surface area (Å²) in [4.78, 5) is 0.